The molecule has 3 rings (SSSR count). The number of hydrogen-bond acceptors (Lipinski definition) is 4. The molecule has 0 aliphatic rings. The van der Waals surface area contributed by atoms with Crippen LogP contribution in [0.2, 0.25) is 0 Å². The van der Waals surface area contributed by atoms with Crippen LogP contribution in [0.3, 0.4) is 0 Å². The van der Waals surface area contributed by atoms with E-state index < -0.39 is 0 Å². The molecule has 0 aliphatic heterocycles. The lowest BCUT2D eigenvalue weighted by molar-refractivity contribution is 0.829. The van der Waals surface area contributed by atoms with E-state index in [1.807, 2.05) is 19.1 Å². The van der Waals surface area contributed by atoms with Crippen LogP contribution in [-0.2, 0) is 0 Å². The second-order valence-electron chi connectivity index (χ2n) is 4.73. The molecule has 20 heavy (non-hydrogen) atoms. The van der Waals surface area contributed by atoms with Crippen molar-refractivity contribution in [1.29, 1.82) is 0 Å². The molecule has 3 aromatic rings. The summed E-state index contributed by atoms with van der Waals surface area (Å²) in [6, 6.07) is 14.6. The third-order valence-corrected chi connectivity index (χ3v) is 4.14. The van der Waals surface area contributed by atoms with Crippen LogP contribution in [-0.4, -0.2) is 20.9 Å². The lowest BCUT2D eigenvalue weighted by Gasteiger charge is -2.11. The Kier molecular flexibility index (Phi) is 3.71. The van der Waals surface area contributed by atoms with Crippen molar-refractivity contribution in [2.24, 2.45) is 5.73 Å². The SMILES string of the molecule is Cc1nc(SCC(N)c2ccc3ccccc3c2)n[nH]1. The van der Waals surface area contributed by atoms with Crippen molar-refractivity contribution in [2.45, 2.75) is 18.1 Å². The summed E-state index contributed by atoms with van der Waals surface area (Å²) in [6.07, 6.45) is 0. The Morgan fingerprint density at radius 2 is 2.00 bits per heavy atom. The van der Waals surface area contributed by atoms with Crippen molar-refractivity contribution in [2.75, 3.05) is 5.75 Å². The summed E-state index contributed by atoms with van der Waals surface area (Å²) in [5.41, 5.74) is 7.40. The average Bonchev–Trinajstić information content (AvgIpc) is 2.90. The van der Waals surface area contributed by atoms with Crippen molar-refractivity contribution < 1.29 is 0 Å². The van der Waals surface area contributed by atoms with Crippen molar-refractivity contribution in [1.82, 2.24) is 15.2 Å². The summed E-state index contributed by atoms with van der Waals surface area (Å²) in [5, 5.41) is 10.1. The summed E-state index contributed by atoms with van der Waals surface area (Å²) >= 11 is 1.57. The number of aromatic amines is 1. The Labute approximate surface area is 121 Å². The van der Waals surface area contributed by atoms with Gasteiger partial charge in [0, 0.05) is 11.8 Å². The van der Waals surface area contributed by atoms with Gasteiger partial charge >= 0.3 is 0 Å². The van der Waals surface area contributed by atoms with Crippen LogP contribution >= 0.6 is 11.8 Å². The van der Waals surface area contributed by atoms with E-state index in [1.165, 1.54) is 10.8 Å². The van der Waals surface area contributed by atoms with Crippen molar-refractivity contribution in [3.05, 3.63) is 53.9 Å². The minimum atomic E-state index is -0.0246. The minimum Gasteiger partial charge on any atom is -0.323 e. The van der Waals surface area contributed by atoms with E-state index in [0.29, 0.717) is 0 Å². The maximum absolute atomic E-state index is 6.25. The van der Waals surface area contributed by atoms with Crippen LogP contribution in [0.25, 0.3) is 10.8 Å². The predicted molar refractivity (Wildman–Crippen MR) is 82.7 cm³/mol. The fourth-order valence-corrected chi connectivity index (χ4v) is 2.92. The lowest BCUT2D eigenvalue weighted by Crippen LogP contribution is -2.13. The van der Waals surface area contributed by atoms with Crippen LogP contribution in [0.1, 0.15) is 17.4 Å². The number of H-pyrrole nitrogens is 1. The first-order valence-electron chi connectivity index (χ1n) is 6.48. The van der Waals surface area contributed by atoms with Gasteiger partial charge in [-0.3, -0.25) is 5.10 Å². The molecule has 1 heterocycles. The number of nitrogens with one attached hydrogen (secondary N) is 1. The molecule has 0 amide bonds. The van der Waals surface area contributed by atoms with Crippen LogP contribution in [0.15, 0.2) is 47.6 Å². The minimum absolute atomic E-state index is 0.0246. The number of thioether (sulfide) groups is 1. The van der Waals surface area contributed by atoms with Gasteiger partial charge in [0.1, 0.15) is 5.82 Å². The van der Waals surface area contributed by atoms with Crippen LogP contribution in [0.5, 0.6) is 0 Å². The Morgan fingerprint density at radius 3 is 2.75 bits per heavy atom. The van der Waals surface area contributed by atoms with Gasteiger partial charge in [0.25, 0.3) is 0 Å². The normalized spacial score (nSPS) is 12.7. The molecule has 0 bridgehead atoms. The Hall–Kier alpha value is -1.85. The number of nitrogens with two attached hydrogens (primary N) is 1. The molecule has 4 nitrogen and oxygen atoms in total. The van der Waals surface area contributed by atoms with Crippen molar-refractivity contribution >= 4 is 22.5 Å². The van der Waals surface area contributed by atoms with Gasteiger partial charge in [-0.15, -0.1) is 5.10 Å². The van der Waals surface area contributed by atoms with Gasteiger partial charge in [0.2, 0.25) is 5.16 Å². The second kappa shape index (κ2) is 5.64. The van der Waals surface area contributed by atoms with Crippen molar-refractivity contribution in [3.63, 3.8) is 0 Å². The van der Waals surface area contributed by atoms with E-state index in [2.05, 4.69) is 45.5 Å². The van der Waals surface area contributed by atoms with E-state index in [4.69, 9.17) is 5.73 Å². The van der Waals surface area contributed by atoms with Crippen molar-refractivity contribution in [3.8, 4) is 0 Å². The maximum Gasteiger partial charge on any atom is 0.208 e. The number of aromatic nitrogens is 3. The molecule has 102 valence electrons. The molecule has 0 saturated carbocycles. The van der Waals surface area contributed by atoms with Gasteiger partial charge in [-0.2, -0.15) is 0 Å². The molecule has 0 fully saturated rings. The molecule has 0 spiro atoms. The quantitative estimate of drug-likeness (QED) is 0.723. The van der Waals surface area contributed by atoms with E-state index in [0.717, 1.165) is 22.3 Å². The van der Waals surface area contributed by atoms with Gasteiger partial charge in [-0.05, 0) is 29.3 Å². The number of hydrogen-bond donors (Lipinski definition) is 2. The molecule has 0 radical (unpaired) electrons. The van der Waals surface area contributed by atoms with Gasteiger partial charge in [-0.1, -0.05) is 48.2 Å². The summed E-state index contributed by atoms with van der Waals surface area (Å²) in [6.45, 7) is 1.89. The highest BCUT2D eigenvalue weighted by Crippen LogP contribution is 2.23. The Morgan fingerprint density at radius 1 is 1.20 bits per heavy atom. The second-order valence-corrected chi connectivity index (χ2v) is 5.71. The van der Waals surface area contributed by atoms with Gasteiger partial charge in [-0.25, -0.2) is 4.98 Å². The molecule has 2 aromatic carbocycles. The molecule has 0 aliphatic carbocycles. The van der Waals surface area contributed by atoms with Gasteiger partial charge in [0.15, 0.2) is 0 Å². The van der Waals surface area contributed by atoms with Gasteiger partial charge in [0.05, 0.1) is 0 Å². The molecular formula is C15H16N4S. The number of nitrogens with zero attached hydrogens (tertiary/aromatic N) is 2. The summed E-state index contributed by atoms with van der Waals surface area (Å²) < 4.78 is 0. The fourth-order valence-electron chi connectivity index (χ4n) is 2.09. The van der Waals surface area contributed by atoms with Crippen LogP contribution < -0.4 is 5.73 Å². The highest BCUT2D eigenvalue weighted by Gasteiger charge is 2.09. The molecule has 1 unspecified atom stereocenters. The van der Waals surface area contributed by atoms with E-state index >= 15 is 0 Å². The van der Waals surface area contributed by atoms with Gasteiger partial charge < -0.3 is 5.73 Å². The van der Waals surface area contributed by atoms with Crippen LogP contribution in [0, 0.1) is 6.92 Å². The Bertz CT molecular complexity index is 722. The lowest BCUT2D eigenvalue weighted by atomic mass is 10.0. The van der Waals surface area contributed by atoms with Crippen LogP contribution in [0.4, 0.5) is 0 Å². The zero-order chi connectivity index (χ0) is 13.9. The van der Waals surface area contributed by atoms with E-state index in [-0.39, 0.29) is 6.04 Å². The topological polar surface area (TPSA) is 67.6 Å². The number of benzene rings is 2. The zero-order valence-corrected chi connectivity index (χ0v) is 12.0. The monoisotopic (exact) mass is 284 g/mol. The first-order chi connectivity index (χ1) is 9.72. The largest absolute Gasteiger partial charge is 0.323 e. The number of rotatable bonds is 4. The molecular weight excluding hydrogens is 268 g/mol. The molecule has 5 heteroatoms. The van der Waals surface area contributed by atoms with E-state index in [1.54, 1.807) is 11.8 Å². The Balaban J connectivity index is 1.73. The maximum atomic E-state index is 6.25. The summed E-state index contributed by atoms with van der Waals surface area (Å²) in [7, 11) is 0. The molecule has 1 aromatic heterocycles. The highest BCUT2D eigenvalue weighted by atomic mass is 32.2. The van der Waals surface area contributed by atoms with E-state index in [9.17, 15) is 0 Å². The summed E-state index contributed by atoms with van der Waals surface area (Å²) in [4.78, 5) is 4.27. The third-order valence-electron chi connectivity index (χ3n) is 3.17. The number of aryl methyl sites for hydroxylation is 1. The molecule has 0 saturated heterocycles. The first-order valence-corrected chi connectivity index (χ1v) is 7.47. The molecule has 3 N–H and O–H groups in total. The zero-order valence-electron chi connectivity index (χ0n) is 11.2. The fraction of sp³-hybridized carbons (Fsp3) is 0.200. The number of fused-ring (bicyclic) bond motifs is 1. The predicted octanol–water partition coefficient (Wildman–Crippen LogP) is 3.06. The standard InChI is InChI=1S/C15H16N4S/c1-10-17-15(19-18-10)20-9-14(16)13-7-6-11-4-2-3-5-12(11)8-13/h2-8,14H,9,16H2,1H3,(H,17,18,19). The summed E-state index contributed by atoms with van der Waals surface area (Å²) in [5.74, 6) is 1.59. The molecule has 1 atom stereocenters. The average molecular weight is 284 g/mol. The first kappa shape index (κ1) is 13.1. The smallest absolute Gasteiger partial charge is 0.208 e. The third kappa shape index (κ3) is 2.84. The highest BCUT2D eigenvalue weighted by molar-refractivity contribution is 7.99.